The molecule has 4 nitrogen and oxygen atoms in total. The number of hydrogen-bond donors (Lipinski definition) is 1. The minimum Gasteiger partial charge on any atom is -0.305 e. The Bertz CT molecular complexity index is 372. The van der Waals surface area contributed by atoms with Gasteiger partial charge in [0.25, 0.3) is 5.69 Å². The summed E-state index contributed by atoms with van der Waals surface area (Å²) in [5.74, 6) is 0. The van der Waals surface area contributed by atoms with Crippen molar-refractivity contribution in [3.05, 3.63) is 39.4 Å². The van der Waals surface area contributed by atoms with E-state index in [-0.39, 0.29) is 5.69 Å². The largest absolute Gasteiger partial charge is 0.305 e. The summed E-state index contributed by atoms with van der Waals surface area (Å²) in [5, 5.41) is 17.9. The summed E-state index contributed by atoms with van der Waals surface area (Å²) in [6.07, 6.45) is 0. The van der Waals surface area contributed by atoms with Gasteiger partial charge in [0.1, 0.15) is 0 Å². The molecule has 0 heterocycles. The summed E-state index contributed by atoms with van der Waals surface area (Å²) in [6, 6.07) is 4.80. The van der Waals surface area contributed by atoms with Gasteiger partial charge in [0.15, 0.2) is 0 Å². The van der Waals surface area contributed by atoms with Crippen LogP contribution in [0.3, 0.4) is 0 Å². The predicted molar refractivity (Wildman–Crippen MR) is 50.3 cm³/mol. The van der Waals surface area contributed by atoms with E-state index in [4.69, 9.17) is 5.41 Å². The van der Waals surface area contributed by atoms with Gasteiger partial charge in [-0.05, 0) is 13.8 Å². The maximum Gasteiger partial charge on any atom is 0.272 e. The highest BCUT2D eigenvalue weighted by molar-refractivity contribution is 5.96. The number of aryl methyl sites for hydroxylation is 1. The lowest BCUT2D eigenvalue weighted by Crippen LogP contribution is -1.97. The molecule has 0 atom stereocenters. The Morgan fingerprint density at radius 1 is 1.54 bits per heavy atom. The van der Waals surface area contributed by atoms with Crippen molar-refractivity contribution < 1.29 is 4.92 Å². The molecule has 1 rings (SSSR count). The van der Waals surface area contributed by atoms with Crippen LogP contribution in [0.4, 0.5) is 5.69 Å². The van der Waals surface area contributed by atoms with Crippen LogP contribution in [0.1, 0.15) is 18.1 Å². The van der Waals surface area contributed by atoms with Crippen molar-refractivity contribution in [2.75, 3.05) is 0 Å². The number of nitro groups is 1. The lowest BCUT2D eigenvalue weighted by Gasteiger charge is -2.00. The van der Waals surface area contributed by atoms with E-state index in [2.05, 4.69) is 0 Å². The molecular weight excluding hydrogens is 168 g/mol. The molecule has 0 fully saturated rings. The molecule has 0 aliphatic carbocycles. The van der Waals surface area contributed by atoms with E-state index < -0.39 is 4.92 Å². The quantitative estimate of drug-likeness (QED) is 0.429. The fraction of sp³-hybridized carbons (Fsp3) is 0.222. The van der Waals surface area contributed by atoms with Gasteiger partial charge in [-0.25, -0.2) is 0 Å². The van der Waals surface area contributed by atoms with Gasteiger partial charge in [-0.2, -0.15) is 0 Å². The van der Waals surface area contributed by atoms with Crippen LogP contribution in [0.5, 0.6) is 0 Å². The maximum atomic E-state index is 10.5. The summed E-state index contributed by atoms with van der Waals surface area (Å²) in [4.78, 5) is 10.1. The Morgan fingerprint density at radius 3 is 2.62 bits per heavy atom. The van der Waals surface area contributed by atoms with Crippen molar-refractivity contribution in [1.82, 2.24) is 0 Å². The third kappa shape index (κ3) is 1.90. The Morgan fingerprint density at radius 2 is 2.15 bits per heavy atom. The van der Waals surface area contributed by atoms with E-state index in [9.17, 15) is 10.1 Å². The van der Waals surface area contributed by atoms with E-state index in [1.54, 1.807) is 26.0 Å². The molecule has 13 heavy (non-hydrogen) atoms. The predicted octanol–water partition coefficient (Wildman–Crippen LogP) is 2.29. The summed E-state index contributed by atoms with van der Waals surface area (Å²) in [7, 11) is 0. The van der Waals surface area contributed by atoms with Gasteiger partial charge in [-0.3, -0.25) is 10.1 Å². The maximum absolute atomic E-state index is 10.5. The standard InChI is InChI=1S/C9H10N2O2/c1-6-3-4-8(7(2)10)5-9(6)11(12)13/h3-5,10H,1-2H3. The first kappa shape index (κ1) is 9.38. The summed E-state index contributed by atoms with van der Waals surface area (Å²) >= 11 is 0. The molecule has 68 valence electrons. The van der Waals surface area contributed by atoms with Gasteiger partial charge in [0, 0.05) is 22.9 Å². The normalized spacial score (nSPS) is 9.69. The Balaban J connectivity index is 3.27. The van der Waals surface area contributed by atoms with E-state index in [1.165, 1.54) is 6.07 Å². The van der Waals surface area contributed by atoms with Crippen molar-refractivity contribution in [3.8, 4) is 0 Å². The zero-order valence-corrected chi connectivity index (χ0v) is 7.50. The van der Waals surface area contributed by atoms with Crippen LogP contribution in [0.15, 0.2) is 18.2 Å². The SMILES string of the molecule is CC(=N)c1ccc(C)c([N+](=O)[O-])c1. The average Bonchev–Trinajstić information content (AvgIpc) is 2.04. The second-order valence-electron chi connectivity index (χ2n) is 2.88. The van der Waals surface area contributed by atoms with E-state index in [1.807, 2.05) is 0 Å². The Kier molecular flexibility index (Phi) is 2.41. The first-order valence-corrected chi connectivity index (χ1v) is 3.83. The second-order valence-corrected chi connectivity index (χ2v) is 2.88. The highest BCUT2D eigenvalue weighted by Gasteiger charge is 2.11. The summed E-state index contributed by atoms with van der Waals surface area (Å²) in [5.41, 5.74) is 1.62. The molecule has 0 amide bonds. The second kappa shape index (κ2) is 3.35. The zero-order valence-electron chi connectivity index (χ0n) is 7.50. The van der Waals surface area contributed by atoms with Gasteiger partial charge in [0.05, 0.1) is 4.92 Å². The lowest BCUT2D eigenvalue weighted by atomic mass is 10.1. The van der Waals surface area contributed by atoms with Crippen molar-refractivity contribution >= 4 is 11.4 Å². The molecule has 1 N–H and O–H groups in total. The van der Waals surface area contributed by atoms with Crippen LogP contribution in [0, 0.1) is 22.4 Å². The third-order valence-corrected chi connectivity index (χ3v) is 1.84. The van der Waals surface area contributed by atoms with Gasteiger partial charge in [-0.1, -0.05) is 12.1 Å². The number of nitrogens with zero attached hydrogens (tertiary/aromatic N) is 1. The Labute approximate surface area is 75.9 Å². The Hall–Kier alpha value is -1.71. The molecular formula is C9H10N2O2. The molecule has 0 spiro atoms. The lowest BCUT2D eigenvalue weighted by molar-refractivity contribution is -0.385. The molecule has 0 saturated heterocycles. The topological polar surface area (TPSA) is 67.0 Å². The van der Waals surface area contributed by atoms with Gasteiger partial charge < -0.3 is 5.41 Å². The van der Waals surface area contributed by atoms with Crippen molar-refractivity contribution in [3.63, 3.8) is 0 Å². The highest BCUT2D eigenvalue weighted by atomic mass is 16.6. The number of nitro benzene ring substituents is 1. The van der Waals surface area contributed by atoms with Crippen molar-refractivity contribution in [1.29, 1.82) is 5.41 Å². The highest BCUT2D eigenvalue weighted by Crippen LogP contribution is 2.19. The fourth-order valence-corrected chi connectivity index (χ4v) is 1.04. The van der Waals surface area contributed by atoms with Crippen LogP contribution >= 0.6 is 0 Å². The fourth-order valence-electron chi connectivity index (χ4n) is 1.04. The van der Waals surface area contributed by atoms with Crippen LogP contribution in [-0.4, -0.2) is 10.6 Å². The van der Waals surface area contributed by atoms with Crippen LogP contribution < -0.4 is 0 Å². The third-order valence-electron chi connectivity index (χ3n) is 1.84. The van der Waals surface area contributed by atoms with Crippen molar-refractivity contribution in [2.24, 2.45) is 0 Å². The monoisotopic (exact) mass is 178 g/mol. The van der Waals surface area contributed by atoms with E-state index >= 15 is 0 Å². The van der Waals surface area contributed by atoms with E-state index in [0.717, 1.165) is 0 Å². The van der Waals surface area contributed by atoms with Gasteiger partial charge in [0.2, 0.25) is 0 Å². The molecule has 0 aromatic heterocycles. The number of benzene rings is 1. The smallest absolute Gasteiger partial charge is 0.272 e. The number of rotatable bonds is 2. The van der Waals surface area contributed by atoms with Crippen molar-refractivity contribution in [2.45, 2.75) is 13.8 Å². The first-order chi connectivity index (χ1) is 6.02. The first-order valence-electron chi connectivity index (χ1n) is 3.83. The van der Waals surface area contributed by atoms with Crippen LogP contribution in [0.2, 0.25) is 0 Å². The summed E-state index contributed by atoms with van der Waals surface area (Å²) in [6.45, 7) is 3.29. The molecule has 0 radical (unpaired) electrons. The number of nitrogens with one attached hydrogen (secondary N) is 1. The molecule has 1 aromatic rings. The van der Waals surface area contributed by atoms with Gasteiger partial charge >= 0.3 is 0 Å². The molecule has 0 unspecified atom stereocenters. The minimum absolute atomic E-state index is 0.0732. The molecule has 4 heteroatoms. The summed E-state index contributed by atoms with van der Waals surface area (Å²) < 4.78 is 0. The average molecular weight is 178 g/mol. The number of hydrogen-bond acceptors (Lipinski definition) is 3. The van der Waals surface area contributed by atoms with Gasteiger partial charge in [-0.15, -0.1) is 0 Å². The molecule has 0 bridgehead atoms. The zero-order chi connectivity index (χ0) is 10.0. The molecule has 1 aromatic carbocycles. The van der Waals surface area contributed by atoms with E-state index in [0.29, 0.717) is 16.8 Å². The molecule has 0 saturated carbocycles. The minimum atomic E-state index is -0.429. The van der Waals surface area contributed by atoms with Crippen LogP contribution in [0.25, 0.3) is 0 Å². The molecule has 0 aliphatic heterocycles. The van der Waals surface area contributed by atoms with Crippen LogP contribution in [-0.2, 0) is 0 Å². The molecule has 0 aliphatic rings.